The summed E-state index contributed by atoms with van der Waals surface area (Å²) in [6.45, 7) is 6.22. The summed E-state index contributed by atoms with van der Waals surface area (Å²) in [4.78, 5) is 14.9. The molecule has 2 heterocycles. The number of nitrogens with one attached hydrogen (secondary N) is 2. The van der Waals surface area contributed by atoms with Crippen LogP contribution in [-0.2, 0) is 4.79 Å². The van der Waals surface area contributed by atoms with E-state index >= 15 is 0 Å². The molecule has 26 heavy (non-hydrogen) atoms. The lowest BCUT2D eigenvalue weighted by Gasteiger charge is -2.32. The van der Waals surface area contributed by atoms with Crippen LogP contribution in [0, 0.1) is 23.7 Å². The number of nitrogens with zero attached hydrogens (tertiary/aromatic N) is 1. The van der Waals surface area contributed by atoms with E-state index in [0.29, 0.717) is 12.3 Å². The second-order valence-electron chi connectivity index (χ2n) is 8.21. The number of anilines is 1. The van der Waals surface area contributed by atoms with Crippen LogP contribution >= 0.6 is 0 Å². The van der Waals surface area contributed by atoms with Crippen molar-refractivity contribution in [1.29, 1.82) is 0 Å². The number of fused-ring (bicyclic) bond motifs is 1. The Kier molecular flexibility index (Phi) is 5.46. The summed E-state index contributed by atoms with van der Waals surface area (Å²) in [7, 11) is 1.64. The Labute approximate surface area is 156 Å². The molecule has 1 aliphatic carbocycles. The number of likely N-dealkylation sites (tertiary alicyclic amines) is 1. The van der Waals surface area contributed by atoms with Gasteiger partial charge >= 0.3 is 0 Å². The zero-order valence-electron chi connectivity index (χ0n) is 15.7. The Hall–Kier alpha value is -1.59. The van der Waals surface area contributed by atoms with Crippen molar-refractivity contribution >= 4 is 11.6 Å². The van der Waals surface area contributed by atoms with Gasteiger partial charge in [0.15, 0.2) is 0 Å². The van der Waals surface area contributed by atoms with Crippen molar-refractivity contribution in [3.8, 4) is 5.75 Å². The molecule has 1 aromatic carbocycles. The van der Waals surface area contributed by atoms with Gasteiger partial charge in [-0.25, -0.2) is 0 Å². The van der Waals surface area contributed by atoms with E-state index in [1.54, 1.807) is 7.11 Å². The Morgan fingerprint density at radius 2 is 2.04 bits per heavy atom. The SMILES string of the molecule is COc1cccc(NC(=O)CCC2CCN(CC3[C@H]4CNC[C@@H]34)CC2)c1. The third-order valence-corrected chi connectivity index (χ3v) is 6.58. The van der Waals surface area contributed by atoms with Crippen LogP contribution in [0.5, 0.6) is 5.75 Å². The summed E-state index contributed by atoms with van der Waals surface area (Å²) in [5.74, 6) is 4.47. The van der Waals surface area contributed by atoms with Crippen molar-refractivity contribution in [1.82, 2.24) is 10.2 Å². The van der Waals surface area contributed by atoms with Gasteiger partial charge in [-0.2, -0.15) is 0 Å². The molecular formula is C21H31N3O2. The van der Waals surface area contributed by atoms with Crippen LogP contribution in [0.3, 0.4) is 0 Å². The Morgan fingerprint density at radius 1 is 1.27 bits per heavy atom. The van der Waals surface area contributed by atoms with Gasteiger partial charge in [-0.15, -0.1) is 0 Å². The van der Waals surface area contributed by atoms with E-state index < -0.39 is 0 Å². The van der Waals surface area contributed by atoms with E-state index in [4.69, 9.17) is 4.74 Å². The van der Waals surface area contributed by atoms with Crippen LogP contribution in [0.15, 0.2) is 24.3 Å². The molecule has 1 aromatic rings. The predicted octanol–water partition coefficient (Wildman–Crippen LogP) is 2.59. The quantitative estimate of drug-likeness (QED) is 0.788. The topological polar surface area (TPSA) is 53.6 Å². The summed E-state index contributed by atoms with van der Waals surface area (Å²) in [5.41, 5.74) is 0.814. The fourth-order valence-corrected chi connectivity index (χ4v) is 4.83. The van der Waals surface area contributed by atoms with Crippen molar-refractivity contribution in [2.75, 3.05) is 45.2 Å². The molecule has 2 N–H and O–H groups in total. The first-order valence-electron chi connectivity index (χ1n) is 10.1. The van der Waals surface area contributed by atoms with Crippen LogP contribution in [0.1, 0.15) is 25.7 Å². The molecule has 142 valence electrons. The number of carbonyl (C=O) groups excluding carboxylic acids is 1. The van der Waals surface area contributed by atoms with Crippen molar-refractivity contribution < 1.29 is 9.53 Å². The number of piperidine rings is 2. The number of hydrogen-bond acceptors (Lipinski definition) is 4. The van der Waals surface area contributed by atoms with Gasteiger partial charge in [0.25, 0.3) is 0 Å². The molecule has 5 heteroatoms. The minimum absolute atomic E-state index is 0.110. The molecule has 0 spiro atoms. The van der Waals surface area contributed by atoms with E-state index in [9.17, 15) is 4.79 Å². The van der Waals surface area contributed by atoms with Crippen molar-refractivity contribution in [2.24, 2.45) is 23.7 Å². The zero-order chi connectivity index (χ0) is 17.9. The molecule has 2 saturated heterocycles. The standard InChI is InChI=1S/C21H31N3O2/c1-26-17-4-2-3-16(11-17)23-21(25)6-5-15-7-9-24(10-8-15)14-20-18-12-22-13-19(18)20/h2-4,11,15,18-20,22H,5-10,12-14H2,1H3,(H,23,25)/t18-,19+,20?. The summed E-state index contributed by atoms with van der Waals surface area (Å²) in [5, 5.41) is 6.47. The molecule has 3 aliphatic rings. The van der Waals surface area contributed by atoms with Gasteiger partial charge in [0.2, 0.25) is 5.91 Å². The minimum Gasteiger partial charge on any atom is -0.497 e. The molecule has 1 saturated carbocycles. The summed E-state index contributed by atoms with van der Waals surface area (Å²) in [6.07, 6.45) is 4.10. The highest BCUT2D eigenvalue weighted by atomic mass is 16.5. The highest BCUT2D eigenvalue weighted by Gasteiger charge is 2.52. The number of carbonyl (C=O) groups is 1. The fraction of sp³-hybridized carbons (Fsp3) is 0.667. The normalized spacial score (nSPS) is 28.6. The van der Waals surface area contributed by atoms with E-state index in [1.807, 2.05) is 24.3 Å². The minimum atomic E-state index is 0.110. The number of methoxy groups -OCH3 is 1. The van der Waals surface area contributed by atoms with Gasteiger partial charge in [0, 0.05) is 24.7 Å². The van der Waals surface area contributed by atoms with E-state index in [-0.39, 0.29) is 5.91 Å². The smallest absolute Gasteiger partial charge is 0.224 e. The molecular weight excluding hydrogens is 326 g/mol. The molecule has 2 aliphatic heterocycles. The second kappa shape index (κ2) is 7.97. The monoisotopic (exact) mass is 357 g/mol. The molecule has 0 bridgehead atoms. The molecule has 3 fully saturated rings. The van der Waals surface area contributed by atoms with Gasteiger partial charge < -0.3 is 20.3 Å². The lowest BCUT2D eigenvalue weighted by molar-refractivity contribution is -0.116. The Balaban J connectivity index is 1.14. The van der Waals surface area contributed by atoms with E-state index in [2.05, 4.69) is 15.5 Å². The molecule has 3 atom stereocenters. The summed E-state index contributed by atoms with van der Waals surface area (Å²) < 4.78 is 5.20. The molecule has 0 radical (unpaired) electrons. The summed E-state index contributed by atoms with van der Waals surface area (Å²) in [6, 6.07) is 7.55. The van der Waals surface area contributed by atoms with Gasteiger partial charge in [0.05, 0.1) is 7.11 Å². The lowest BCUT2D eigenvalue weighted by atomic mass is 9.92. The second-order valence-corrected chi connectivity index (χ2v) is 8.21. The Morgan fingerprint density at radius 3 is 2.77 bits per heavy atom. The molecule has 1 unspecified atom stereocenters. The van der Waals surface area contributed by atoms with Crippen LogP contribution in [0.25, 0.3) is 0 Å². The predicted molar refractivity (Wildman–Crippen MR) is 103 cm³/mol. The van der Waals surface area contributed by atoms with Crippen molar-refractivity contribution in [2.45, 2.75) is 25.7 Å². The highest BCUT2D eigenvalue weighted by molar-refractivity contribution is 5.90. The van der Waals surface area contributed by atoms with Crippen molar-refractivity contribution in [3.05, 3.63) is 24.3 Å². The van der Waals surface area contributed by atoms with Crippen LogP contribution in [0.2, 0.25) is 0 Å². The van der Waals surface area contributed by atoms with Gasteiger partial charge in [-0.3, -0.25) is 4.79 Å². The molecule has 4 rings (SSSR count). The molecule has 5 nitrogen and oxygen atoms in total. The van der Waals surface area contributed by atoms with E-state index in [0.717, 1.165) is 35.6 Å². The molecule has 0 aromatic heterocycles. The third-order valence-electron chi connectivity index (χ3n) is 6.58. The van der Waals surface area contributed by atoms with Crippen LogP contribution in [0.4, 0.5) is 5.69 Å². The van der Waals surface area contributed by atoms with Gasteiger partial charge in [0.1, 0.15) is 5.75 Å². The number of amides is 1. The van der Waals surface area contributed by atoms with Crippen LogP contribution in [-0.4, -0.2) is 50.6 Å². The third kappa shape index (κ3) is 4.21. The number of hydrogen-bond donors (Lipinski definition) is 2. The van der Waals surface area contributed by atoms with Gasteiger partial charge in [-0.1, -0.05) is 6.07 Å². The first-order chi connectivity index (χ1) is 12.7. The van der Waals surface area contributed by atoms with E-state index in [1.165, 1.54) is 45.6 Å². The number of rotatable bonds is 7. The largest absolute Gasteiger partial charge is 0.497 e. The zero-order valence-corrected chi connectivity index (χ0v) is 15.7. The first kappa shape index (κ1) is 17.8. The van der Waals surface area contributed by atoms with Gasteiger partial charge in [-0.05, 0) is 81.2 Å². The fourth-order valence-electron chi connectivity index (χ4n) is 4.83. The first-order valence-corrected chi connectivity index (χ1v) is 10.1. The Bertz CT molecular complexity index is 617. The van der Waals surface area contributed by atoms with Crippen LogP contribution < -0.4 is 15.4 Å². The van der Waals surface area contributed by atoms with Crippen molar-refractivity contribution in [3.63, 3.8) is 0 Å². The highest BCUT2D eigenvalue weighted by Crippen LogP contribution is 2.49. The number of benzene rings is 1. The maximum absolute atomic E-state index is 12.2. The number of ether oxygens (including phenoxy) is 1. The summed E-state index contributed by atoms with van der Waals surface area (Å²) >= 11 is 0. The average molecular weight is 357 g/mol. The lowest BCUT2D eigenvalue weighted by Crippen LogP contribution is -2.36. The maximum Gasteiger partial charge on any atom is 0.224 e. The average Bonchev–Trinajstić information content (AvgIpc) is 3.08. The maximum atomic E-state index is 12.2. The molecule has 1 amide bonds.